The van der Waals surface area contributed by atoms with E-state index in [1.54, 1.807) is 16.0 Å². The van der Waals surface area contributed by atoms with Gasteiger partial charge in [0.2, 0.25) is 11.0 Å². The number of aryl methyl sites for hydroxylation is 3. The van der Waals surface area contributed by atoms with E-state index >= 15 is 0 Å². The van der Waals surface area contributed by atoms with Crippen molar-refractivity contribution in [2.75, 3.05) is 11.9 Å². The molecule has 1 N–H and O–H groups in total. The average molecular weight is 447 g/mol. The first kappa shape index (κ1) is 20.7. The molecule has 164 valence electrons. The van der Waals surface area contributed by atoms with Crippen molar-refractivity contribution in [3.63, 3.8) is 0 Å². The van der Waals surface area contributed by atoms with Crippen LogP contribution in [-0.4, -0.2) is 27.3 Å². The molecule has 2 aromatic carbocycles. The lowest BCUT2D eigenvalue weighted by atomic mass is 9.92. The molecular weight excluding hydrogens is 420 g/mol. The normalized spacial score (nSPS) is 13.2. The van der Waals surface area contributed by atoms with Gasteiger partial charge in [-0.1, -0.05) is 23.5 Å². The Labute approximate surface area is 191 Å². The maximum atomic E-state index is 12.7. The van der Waals surface area contributed by atoms with Crippen LogP contribution in [0.25, 0.3) is 15.3 Å². The van der Waals surface area contributed by atoms with Gasteiger partial charge in [0.25, 0.3) is 0 Å². The molecule has 0 fully saturated rings. The number of carbonyl (C=O) groups excluding carboxylic acids is 1. The topological polar surface area (TPSA) is 69.0 Å². The predicted molar refractivity (Wildman–Crippen MR) is 128 cm³/mol. The molecule has 0 saturated heterocycles. The number of nitrogens with zero attached hydrogens (tertiary/aromatic N) is 3. The molecule has 0 unspecified atom stereocenters. The van der Waals surface area contributed by atoms with Crippen LogP contribution >= 0.6 is 11.3 Å². The van der Waals surface area contributed by atoms with Crippen LogP contribution in [0.2, 0.25) is 0 Å². The molecule has 6 nitrogen and oxygen atoms in total. The second-order valence-corrected chi connectivity index (χ2v) is 9.19. The number of anilines is 1. The highest BCUT2D eigenvalue weighted by atomic mass is 32.1. The molecule has 7 heteroatoms. The number of thiazole rings is 1. The van der Waals surface area contributed by atoms with E-state index in [-0.39, 0.29) is 12.3 Å². The van der Waals surface area contributed by atoms with Crippen molar-refractivity contribution >= 4 is 33.3 Å². The number of nitrogens with one attached hydrogen (secondary N) is 1. The summed E-state index contributed by atoms with van der Waals surface area (Å²) in [6.45, 7) is 4.49. The lowest BCUT2D eigenvalue weighted by Gasteiger charge is -2.14. The van der Waals surface area contributed by atoms with E-state index in [0.29, 0.717) is 12.4 Å². The maximum absolute atomic E-state index is 12.7. The molecule has 1 aliphatic rings. The fourth-order valence-electron chi connectivity index (χ4n) is 4.21. The Morgan fingerprint density at radius 1 is 1.12 bits per heavy atom. The Balaban J connectivity index is 1.37. The summed E-state index contributed by atoms with van der Waals surface area (Å²) < 4.78 is 8.38. The Morgan fingerprint density at radius 2 is 1.88 bits per heavy atom. The summed E-state index contributed by atoms with van der Waals surface area (Å²) in [7, 11) is 0. The lowest BCUT2D eigenvalue weighted by molar-refractivity contribution is -0.115. The van der Waals surface area contributed by atoms with Crippen LogP contribution in [0.15, 0.2) is 42.5 Å². The minimum absolute atomic E-state index is 0.0908. The zero-order chi connectivity index (χ0) is 22.1. The molecule has 0 bridgehead atoms. The molecule has 2 aromatic heterocycles. The van der Waals surface area contributed by atoms with Gasteiger partial charge in [-0.25, -0.2) is 4.98 Å². The highest BCUT2D eigenvalue weighted by Gasteiger charge is 2.17. The minimum atomic E-state index is -0.0908. The number of fused-ring (bicyclic) bond motifs is 2. The standard InChI is InChI=1S/C25H26N4O2S/c1-3-31-20-10-8-17(9-11-20)13-24(30)27-23-12-16(2)28-29(23)25-26-21-14-18-6-4-5-7-19(18)15-22(21)32-25/h8-12,14-15H,3-7,13H2,1-2H3,(H,27,30). The third-order valence-electron chi connectivity index (χ3n) is 5.72. The van der Waals surface area contributed by atoms with Gasteiger partial charge < -0.3 is 10.1 Å². The zero-order valence-electron chi connectivity index (χ0n) is 18.4. The lowest BCUT2D eigenvalue weighted by Crippen LogP contribution is -2.17. The van der Waals surface area contributed by atoms with Gasteiger partial charge in [-0.05, 0) is 80.5 Å². The Bertz CT molecular complexity index is 1230. The summed E-state index contributed by atoms with van der Waals surface area (Å²) in [4.78, 5) is 17.6. The van der Waals surface area contributed by atoms with E-state index in [0.717, 1.165) is 40.5 Å². The molecule has 1 amide bonds. The van der Waals surface area contributed by atoms with Crippen molar-refractivity contribution in [2.45, 2.75) is 46.0 Å². The number of hydrogen-bond donors (Lipinski definition) is 1. The minimum Gasteiger partial charge on any atom is -0.494 e. The molecule has 0 spiro atoms. The first-order valence-corrected chi connectivity index (χ1v) is 11.9. The summed E-state index contributed by atoms with van der Waals surface area (Å²) >= 11 is 1.61. The van der Waals surface area contributed by atoms with Gasteiger partial charge in [-0.3, -0.25) is 4.79 Å². The second kappa shape index (κ2) is 8.74. The number of ether oxygens (including phenoxy) is 1. The summed E-state index contributed by atoms with van der Waals surface area (Å²) in [6.07, 6.45) is 5.06. The molecule has 0 radical (unpaired) electrons. The molecule has 2 heterocycles. The van der Waals surface area contributed by atoms with Gasteiger partial charge in [0, 0.05) is 6.07 Å². The summed E-state index contributed by atoms with van der Waals surface area (Å²) in [5.41, 5.74) is 5.63. The summed E-state index contributed by atoms with van der Waals surface area (Å²) in [6, 6.07) is 14.0. The fraction of sp³-hybridized carbons (Fsp3) is 0.320. The second-order valence-electron chi connectivity index (χ2n) is 8.18. The van der Waals surface area contributed by atoms with E-state index < -0.39 is 0 Å². The number of benzene rings is 2. The molecule has 0 saturated carbocycles. The maximum Gasteiger partial charge on any atom is 0.229 e. The van der Waals surface area contributed by atoms with Crippen LogP contribution in [0.1, 0.15) is 42.1 Å². The Kier molecular flexibility index (Phi) is 5.66. The van der Waals surface area contributed by atoms with Crippen molar-refractivity contribution < 1.29 is 9.53 Å². The van der Waals surface area contributed by atoms with Crippen LogP contribution in [-0.2, 0) is 24.1 Å². The van der Waals surface area contributed by atoms with Crippen molar-refractivity contribution in [2.24, 2.45) is 0 Å². The highest BCUT2D eigenvalue weighted by Crippen LogP contribution is 2.32. The van der Waals surface area contributed by atoms with Gasteiger partial charge >= 0.3 is 0 Å². The first-order valence-electron chi connectivity index (χ1n) is 11.1. The third kappa shape index (κ3) is 4.25. The first-order chi connectivity index (χ1) is 15.6. The van der Waals surface area contributed by atoms with Crippen molar-refractivity contribution in [3.8, 4) is 10.9 Å². The van der Waals surface area contributed by atoms with Gasteiger partial charge in [0.15, 0.2) is 0 Å². The predicted octanol–water partition coefficient (Wildman–Crippen LogP) is 5.25. The average Bonchev–Trinajstić information content (AvgIpc) is 3.35. The molecule has 5 rings (SSSR count). The van der Waals surface area contributed by atoms with E-state index in [1.165, 1.54) is 28.7 Å². The third-order valence-corrected chi connectivity index (χ3v) is 6.71. The number of rotatable bonds is 6. The van der Waals surface area contributed by atoms with E-state index in [9.17, 15) is 4.79 Å². The monoisotopic (exact) mass is 446 g/mol. The van der Waals surface area contributed by atoms with Gasteiger partial charge in [0.05, 0.1) is 28.9 Å². The molecule has 0 aliphatic heterocycles. The number of hydrogen-bond acceptors (Lipinski definition) is 5. The van der Waals surface area contributed by atoms with Crippen LogP contribution in [0.4, 0.5) is 5.82 Å². The van der Waals surface area contributed by atoms with Crippen molar-refractivity contribution in [1.29, 1.82) is 0 Å². The smallest absolute Gasteiger partial charge is 0.229 e. The number of aromatic nitrogens is 3. The molecule has 0 atom stereocenters. The molecule has 4 aromatic rings. The van der Waals surface area contributed by atoms with Crippen molar-refractivity contribution in [3.05, 3.63) is 64.8 Å². The largest absolute Gasteiger partial charge is 0.494 e. The highest BCUT2D eigenvalue weighted by molar-refractivity contribution is 7.20. The number of carbonyl (C=O) groups is 1. The zero-order valence-corrected chi connectivity index (χ0v) is 19.2. The summed E-state index contributed by atoms with van der Waals surface area (Å²) in [5, 5.41) is 8.38. The molecule has 1 aliphatic carbocycles. The van der Waals surface area contributed by atoms with E-state index in [1.807, 2.05) is 44.2 Å². The quantitative estimate of drug-likeness (QED) is 0.439. The van der Waals surface area contributed by atoms with Gasteiger partial charge in [-0.15, -0.1) is 0 Å². The van der Waals surface area contributed by atoms with Crippen LogP contribution < -0.4 is 10.1 Å². The summed E-state index contributed by atoms with van der Waals surface area (Å²) in [5.74, 6) is 1.36. The Morgan fingerprint density at radius 3 is 2.62 bits per heavy atom. The van der Waals surface area contributed by atoms with Crippen molar-refractivity contribution in [1.82, 2.24) is 14.8 Å². The van der Waals surface area contributed by atoms with Crippen LogP contribution in [0.5, 0.6) is 5.75 Å². The fourth-order valence-corrected chi connectivity index (χ4v) is 5.19. The van der Waals surface area contributed by atoms with Gasteiger partial charge in [-0.2, -0.15) is 9.78 Å². The van der Waals surface area contributed by atoms with E-state index in [4.69, 9.17) is 9.72 Å². The van der Waals surface area contributed by atoms with E-state index in [2.05, 4.69) is 22.5 Å². The van der Waals surface area contributed by atoms with Crippen LogP contribution in [0, 0.1) is 6.92 Å². The SMILES string of the molecule is CCOc1ccc(CC(=O)Nc2cc(C)nn2-c2nc3cc4c(cc3s2)CCCC4)cc1. The Hall–Kier alpha value is -3.19. The molecular formula is C25H26N4O2S. The number of amides is 1. The van der Waals surface area contributed by atoms with Gasteiger partial charge in [0.1, 0.15) is 11.6 Å². The molecule has 32 heavy (non-hydrogen) atoms. The van der Waals surface area contributed by atoms with Crippen LogP contribution in [0.3, 0.4) is 0 Å².